The van der Waals surface area contributed by atoms with Gasteiger partial charge in [-0.25, -0.2) is 22.0 Å². The van der Waals surface area contributed by atoms with E-state index in [1.54, 1.807) is 36.9 Å². The van der Waals surface area contributed by atoms with Crippen LogP contribution in [0, 0.1) is 6.92 Å². The molecular weight excluding hydrogens is 436 g/mol. The summed E-state index contributed by atoms with van der Waals surface area (Å²) in [6.45, 7) is 2.50. The molecule has 3 rings (SSSR count). The molecule has 3 N–H and O–H groups in total. The van der Waals surface area contributed by atoms with Crippen LogP contribution in [0.1, 0.15) is 11.1 Å². The zero-order valence-corrected chi connectivity index (χ0v) is 18.2. The van der Waals surface area contributed by atoms with Crippen LogP contribution in [0.25, 0.3) is 11.3 Å². The molecule has 10 nitrogen and oxygen atoms in total. The number of aliphatic carboxylic acids is 2. The molecule has 0 fully saturated rings. The number of nitrogens with zero attached hydrogens (tertiary/aromatic N) is 3. The maximum atomic E-state index is 13.0. The quantitative estimate of drug-likeness (QED) is 0.451. The van der Waals surface area contributed by atoms with Crippen LogP contribution in [-0.4, -0.2) is 51.6 Å². The molecule has 0 radical (unpaired) electrons. The first-order chi connectivity index (χ1) is 15.2. The average molecular weight is 458 g/mol. The highest BCUT2D eigenvalue weighted by atomic mass is 32.2. The molecule has 0 saturated heterocycles. The van der Waals surface area contributed by atoms with Crippen LogP contribution in [-0.2, 0) is 26.2 Å². The van der Waals surface area contributed by atoms with Gasteiger partial charge in [0.15, 0.2) is 0 Å². The van der Waals surface area contributed by atoms with Crippen molar-refractivity contribution >= 4 is 22.0 Å². The third-order valence-electron chi connectivity index (χ3n) is 4.10. The number of hydrogen-bond acceptors (Lipinski definition) is 7. The molecule has 0 unspecified atom stereocenters. The van der Waals surface area contributed by atoms with E-state index in [0.717, 1.165) is 16.7 Å². The minimum Gasteiger partial charge on any atom is -0.478 e. The first-order valence-electron chi connectivity index (χ1n) is 9.23. The van der Waals surface area contributed by atoms with Gasteiger partial charge >= 0.3 is 11.9 Å². The molecule has 3 heterocycles. The minimum atomic E-state index is -3.73. The number of rotatable bonds is 7. The van der Waals surface area contributed by atoms with Gasteiger partial charge in [-0.15, -0.1) is 0 Å². The van der Waals surface area contributed by atoms with Crippen LogP contribution in [0.15, 0.2) is 72.3 Å². The summed E-state index contributed by atoms with van der Waals surface area (Å²) in [6, 6.07) is 6.88. The van der Waals surface area contributed by atoms with Crippen molar-refractivity contribution in [2.75, 3.05) is 7.05 Å². The summed E-state index contributed by atoms with van der Waals surface area (Å²) in [5, 5.41) is 18.7. The molecule has 32 heavy (non-hydrogen) atoms. The lowest BCUT2D eigenvalue weighted by atomic mass is 10.1. The Hall–Kier alpha value is -3.83. The largest absolute Gasteiger partial charge is 0.478 e. The zero-order valence-electron chi connectivity index (χ0n) is 17.3. The average Bonchev–Trinajstić information content (AvgIpc) is 3.18. The predicted molar refractivity (Wildman–Crippen MR) is 116 cm³/mol. The molecule has 3 aromatic heterocycles. The Balaban J connectivity index is 0.000000390. The second-order valence-electron chi connectivity index (χ2n) is 6.45. The number of pyridine rings is 2. The summed E-state index contributed by atoms with van der Waals surface area (Å²) in [5.41, 5.74) is 3.21. The van der Waals surface area contributed by atoms with Gasteiger partial charge in [0.1, 0.15) is 4.90 Å². The molecule has 0 bridgehead atoms. The molecule has 0 spiro atoms. The summed E-state index contributed by atoms with van der Waals surface area (Å²) < 4.78 is 27.4. The van der Waals surface area contributed by atoms with E-state index in [9.17, 15) is 18.0 Å². The van der Waals surface area contributed by atoms with E-state index < -0.39 is 22.0 Å². The topological polar surface area (TPSA) is 151 Å². The Morgan fingerprint density at radius 1 is 1.09 bits per heavy atom. The van der Waals surface area contributed by atoms with Crippen LogP contribution < -0.4 is 5.32 Å². The van der Waals surface area contributed by atoms with Crippen LogP contribution in [0.5, 0.6) is 0 Å². The Morgan fingerprint density at radius 2 is 1.75 bits per heavy atom. The van der Waals surface area contributed by atoms with Gasteiger partial charge < -0.3 is 15.5 Å². The number of carbonyl (C=O) groups is 2. The van der Waals surface area contributed by atoms with Gasteiger partial charge in [-0.2, -0.15) is 0 Å². The summed E-state index contributed by atoms with van der Waals surface area (Å²) in [4.78, 5) is 27.3. The normalized spacial score (nSPS) is 11.1. The van der Waals surface area contributed by atoms with Crippen molar-refractivity contribution in [3.05, 3.63) is 78.5 Å². The van der Waals surface area contributed by atoms with E-state index >= 15 is 0 Å². The lowest BCUT2D eigenvalue weighted by molar-refractivity contribution is -0.134. The fraction of sp³-hybridized carbons (Fsp3) is 0.143. The molecule has 0 aromatic carbocycles. The van der Waals surface area contributed by atoms with Gasteiger partial charge in [-0.05, 0) is 49.4 Å². The number of nitrogens with one attached hydrogen (secondary N) is 1. The molecular formula is C21H22N4O6S. The van der Waals surface area contributed by atoms with Gasteiger partial charge in [0, 0.05) is 55.2 Å². The third-order valence-corrected chi connectivity index (χ3v) is 5.76. The van der Waals surface area contributed by atoms with E-state index in [0.29, 0.717) is 24.4 Å². The Labute approximate surface area is 184 Å². The van der Waals surface area contributed by atoms with E-state index in [4.69, 9.17) is 10.2 Å². The summed E-state index contributed by atoms with van der Waals surface area (Å²) in [7, 11) is -1.91. The Kier molecular flexibility index (Phi) is 8.38. The van der Waals surface area contributed by atoms with Crippen molar-refractivity contribution < 1.29 is 28.2 Å². The molecule has 11 heteroatoms. The minimum absolute atomic E-state index is 0.152. The van der Waals surface area contributed by atoms with Gasteiger partial charge in [0.25, 0.3) is 10.0 Å². The molecule has 0 amide bonds. The van der Waals surface area contributed by atoms with Crippen molar-refractivity contribution in [2.24, 2.45) is 0 Å². The van der Waals surface area contributed by atoms with Crippen LogP contribution in [0.2, 0.25) is 0 Å². The maximum Gasteiger partial charge on any atom is 0.328 e. The Morgan fingerprint density at radius 3 is 2.28 bits per heavy atom. The molecule has 0 aliphatic rings. The lowest BCUT2D eigenvalue weighted by Gasteiger charge is -2.11. The Bertz CT molecular complexity index is 1200. The van der Waals surface area contributed by atoms with Crippen LogP contribution >= 0.6 is 0 Å². The smallest absolute Gasteiger partial charge is 0.328 e. The number of hydrogen-bond donors (Lipinski definition) is 3. The second kappa shape index (κ2) is 11.0. The van der Waals surface area contributed by atoms with Crippen molar-refractivity contribution in [1.82, 2.24) is 19.3 Å². The van der Waals surface area contributed by atoms with E-state index in [1.807, 2.05) is 26.1 Å². The highest BCUT2D eigenvalue weighted by molar-refractivity contribution is 7.90. The predicted octanol–water partition coefficient (Wildman–Crippen LogP) is 1.92. The molecule has 0 atom stereocenters. The van der Waals surface area contributed by atoms with Gasteiger partial charge in [0.2, 0.25) is 0 Å². The van der Waals surface area contributed by atoms with E-state index in [-0.39, 0.29) is 4.90 Å². The maximum absolute atomic E-state index is 13.0. The molecule has 3 aromatic rings. The van der Waals surface area contributed by atoms with Crippen LogP contribution in [0.3, 0.4) is 0 Å². The summed E-state index contributed by atoms with van der Waals surface area (Å²) >= 11 is 0. The molecule has 0 saturated carbocycles. The van der Waals surface area contributed by atoms with Gasteiger partial charge in [-0.3, -0.25) is 9.97 Å². The lowest BCUT2D eigenvalue weighted by Crippen LogP contribution is -2.14. The highest BCUT2D eigenvalue weighted by Crippen LogP contribution is 2.28. The number of carboxylic acid groups (broad SMARTS) is 2. The molecule has 0 aliphatic carbocycles. The third kappa shape index (κ3) is 6.33. The number of carboxylic acids is 2. The van der Waals surface area contributed by atoms with Crippen molar-refractivity contribution in [3.63, 3.8) is 0 Å². The first kappa shape index (κ1) is 24.4. The number of aryl methyl sites for hydroxylation is 1. The standard InChI is InChI=1S/C17H18N4O2S.C4H4O4/c1-13-5-7-20-11-16(13)17-8-14(9-18-2)12-21(17)24(22,23)15-4-3-6-19-10-15;5-3(6)1-2-4(7)8/h3-8,10-12,18H,9H2,1-2H3;1-2H,(H,5,6)(H,7,8). The fourth-order valence-corrected chi connectivity index (χ4v) is 4.04. The molecule has 0 aliphatic heterocycles. The van der Waals surface area contributed by atoms with Gasteiger partial charge in [0.05, 0.1) is 5.69 Å². The number of aromatic nitrogens is 3. The van der Waals surface area contributed by atoms with Crippen LogP contribution in [0.4, 0.5) is 0 Å². The summed E-state index contributed by atoms with van der Waals surface area (Å²) in [5.74, 6) is -2.51. The van der Waals surface area contributed by atoms with E-state index in [2.05, 4.69) is 15.3 Å². The first-order valence-corrected chi connectivity index (χ1v) is 10.7. The zero-order chi connectivity index (χ0) is 23.7. The summed E-state index contributed by atoms with van der Waals surface area (Å²) in [6.07, 6.45) is 9.03. The monoisotopic (exact) mass is 458 g/mol. The highest BCUT2D eigenvalue weighted by Gasteiger charge is 2.22. The van der Waals surface area contributed by atoms with Crippen molar-refractivity contribution in [1.29, 1.82) is 0 Å². The fourth-order valence-electron chi connectivity index (χ4n) is 2.68. The molecule has 168 valence electrons. The van der Waals surface area contributed by atoms with Crippen molar-refractivity contribution in [2.45, 2.75) is 18.4 Å². The van der Waals surface area contributed by atoms with Crippen molar-refractivity contribution in [3.8, 4) is 11.3 Å². The van der Waals surface area contributed by atoms with E-state index in [1.165, 1.54) is 10.2 Å². The second-order valence-corrected chi connectivity index (χ2v) is 8.27. The van der Waals surface area contributed by atoms with Gasteiger partial charge in [-0.1, -0.05) is 0 Å². The SMILES string of the molecule is CNCc1cc(-c2cnccc2C)n(S(=O)(=O)c2cccnc2)c1.O=C(O)C=CC(=O)O.